The van der Waals surface area contributed by atoms with Gasteiger partial charge in [-0.2, -0.15) is 5.26 Å². The van der Waals surface area contributed by atoms with Crippen LogP contribution in [0.3, 0.4) is 0 Å². The summed E-state index contributed by atoms with van der Waals surface area (Å²) in [5, 5.41) is 8.57. The molecule has 0 N–H and O–H groups in total. The molecule has 1 aromatic rings. The summed E-state index contributed by atoms with van der Waals surface area (Å²) in [6.07, 6.45) is 3.61. The highest BCUT2D eigenvalue weighted by molar-refractivity contribution is 5.99. The fraction of sp³-hybridized carbons (Fsp3) is 0.364. The Hall–Kier alpha value is -1.69. The van der Waals surface area contributed by atoms with Gasteiger partial charge in [0.1, 0.15) is 0 Å². The Labute approximate surface area is 82.4 Å². The molecule has 1 aromatic heterocycles. The van der Waals surface area contributed by atoms with Crippen molar-refractivity contribution in [1.82, 2.24) is 4.98 Å². The van der Waals surface area contributed by atoms with Crippen molar-refractivity contribution < 1.29 is 4.79 Å². The predicted octanol–water partition coefficient (Wildman–Crippen LogP) is 1.74. The lowest BCUT2D eigenvalue weighted by Crippen LogP contribution is -2.22. The van der Waals surface area contributed by atoms with Gasteiger partial charge in [0.2, 0.25) is 0 Å². The van der Waals surface area contributed by atoms with Crippen molar-refractivity contribution in [2.75, 3.05) is 0 Å². The Morgan fingerprint density at radius 3 is 3.29 bits per heavy atom. The molecule has 1 aliphatic carbocycles. The van der Waals surface area contributed by atoms with E-state index in [-0.39, 0.29) is 11.7 Å². The van der Waals surface area contributed by atoms with Crippen LogP contribution in [-0.4, -0.2) is 10.8 Å². The third kappa shape index (κ3) is 1.39. The largest absolute Gasteiger partial charge is 0.294 e. The van der Waals surface area contributed by atoms with Crippen LogP contribution in [0, 0.1) is 17.2 Å². The number of nitrogens with zero attached hydrogens (tertiary/aromatic N) is 2. The predicted molar refractivity (Wildman–Crippen MR) is 50.6 cm³/mol. The standard InChI is InChI=1S/C11H10N2O/c12-6-5-8-3-4-10-9(11(8)14)2-1-7-13-10/h1-2,7-8H,3-5H2. The number of fused-ring (bicyclic) bond motifs is 1. The van der Waals surface area contributed by atoms with E-state index in [1.807, 2.05) is 0 Å². The number of nitriles is 1. The zero-order chi connectivity index (χ0) is 9.97. The van der Waals surface area contributed by atoms with Gasteiger partial charge in [-0.25, -0.2) is 0 Å². The van der Waals surface area contributed by atoms with Gasteiger partial charge in [0.25, 0.3) is 0 Å². The first kappa shape index (κ1) is 8.89. The molecule has 3 nitrogen and oxygen atoms in total. The van der Waals surface area contributed by atoms with Crippen LogP contribution in [0.1, 0.15) is 28.9 Å². The first-order valence-electron chi connectivity index (χ1n) is 4.68. The number of aryl methyl sites for hydroxylation is 1. The second kappa shape index (κ2) is 3.59. The van der Waals surface area contributed by atoms with Crippen LogP contribution in [0.5, 0.6) is 0 Å². The van der Waals surface area contributed by atoms with Crippen LogP contribution >= 0.6 is 0 Å². The Balaban J connectivity index is 2.33. The molecule has 1 heterocycles. The highest BCUT2D eigenvalue weighted by atomic mass is 16.1. The Kier molecular flexibility index (Phi) is 2.28. The lowest BCUT2D eigenvalue weighted by molar-refractivity contribution is 0.0903. The molecule has 0 aliphatic heterocycles. The van der Waals surface area contributed by atoms with Gasteiger partial charge in [-0.15, -0.1) is 0 Å². The van der Waals surface area contributed by atoms with E-state index in [9.17, 15) is 4.79 Å². The minimum atomic E-state index is -0.114. The van der Waals surface area contributed by atoms with Crippen LogP contribution in [0.15, 0.2) is 18.3 Å². The maximum atomic E-state index is 11.8. The number of pyridine rings is 1. The smallest absolute Gasteiger partial charge is 0.168 e. The van der Waals surface area contributed by atoms with E-state index >= 15 is 0 Å². The molecule has 0 fully saturated rings. The molecule has 0 saturated heterocycles. The molecular formula is C11H10N2O. The zero-order valence-corrected chi connectivity index (χ0v) is 7.73. The topological polar surface area (TPSA) is 53.8 Å². The molecule has 0 radical (unpaired) electrons. The van der Waals surface area contributed by atoms with Crippen molar-refractivity contribution in [2.45, 2.75) is 19.3 Å². The summed E-state index contributed by atoms with van der Waals surface area (Å²) in [6.45, 7) is 0. The number of aromatic nitrogens is 1. The number of hydrogen-bond acceptors (Lipinski definition) is 3. The fourth-order valence-electron chi connectivity index (χ4n) is 1.83. The Bertz CT molecular complexity index is 406. The van der Waals surface area contributed by atoms with Gasteiger partial charge < -0.3 is 0 Å². The fourth-order valence-corrected chi connectivity index (χ4v) is 1.83. The summed E-state index contributed by atoms with van der Waals surface area (Å²) in [4.78, 5) is 16.0. The summed E-state index contributed by atoms with van der Waals surface area (Å²) in [5.74, 6) is -0.0300. The quantitative estimate of drug-likeness (QED) is 0.671. The van der Waals surface area contributed by atoms with E-state index in [4.69, 9.17) is 5.26 Å². The van der Waals surface area contributed by atoms with Crippen LogP contribution < -0.4 is 0 Å². The lowest BCUT2D eigenvalue weighted by Gasteiger charge is -2.19. The van der Waals surface area contributed by atoms with Crippen LogP contribution in [0.25, 0.3) is 0 Å². The molecule has 0 saturated carbocycles. The van der Waals surface area contributed by atoms with E-state index < -0.39 is 0 Å². The third-order valence-electron chi connectivity index (χ3n) is 2.59. The summed E-state index contributed by atoms with van der Waals surface area (Å²) in [7, 11) is 0. The maximum Gasteiger partial charge on any atom is 0.168 e. The van der Waals surface area contributed by atoms with Crippen LogP contribution in [-0.2, 0) is 6.42 Å². The van der Waals surface area contributed by atoms with Crippen LogP contribution in [0.4, 0.5) is 0 Å². The lowest BCUT2D eigenvalue weighted by atomic mass is 9.84. The van der Waals surface area contributed by atoms with Gasteiger partial charge in [0, 0.05) is 24.1 Å². The zero-order valence-electron chi connectivity index (χ0n) is 7.73. The van der Waals surface area contributed by atoms with E-state index in [0.29, 0.717) is 12.0 Å². The van der Waals surface area contributed by atoms with Gasteiger partial charge >= 0.3 is 0 Å². The van der Waals surface area contributed by atoms with Gasteiger partial charge in [-0.05, 0) is 25.0 Å². The van der Waals surface area contributed by atoms with Crippen molar-refractivity contribution >= 4 is 5.78 Å². The average molecular weight is 186 g/mol. The highest BCUT2D eigenvalue weighted by Gasteiger charge is 2.27. The van der Waals surface area contributed by atoms with E-state index in [1.54, 1.807) is 18.3 Å². The minimum Gasteiger partial charge on any atom is -0.294 e. The van der Waals surface area contributed by atoms with Crippen molar-refractivity contribution in [3.63, 3.8) is 0 Å². The molecule has 0 spiro atoms. The maximum absolute atomic E-state index is 11.8. The SMILES string of the molecule is N#CCC1CCc2ncccc2C1=O. The van der Waals surface area contributed by atoms with E-state index in [0.717, 1.165) is 18.5 Å². The van der Waals surface area contributed by atoms with Crippen molar-refractivity contribution in [2.24, 2.45) is 5.92 Å². The molecule has 1 unspecified atom stereocenters. The van der Waals surface area contributed by atoms with Crippen molar-refractivity contribution in [3.8, 4) is 6.07 Å². The summed E-state index contributed by atoms with van der Waals surface area (Å²) >= 11 is 0. The number of carbonyl (C=O) groups is 1. The normalized spacial score (nSPS) is 19.9. The first-order chi connectivity index (χ1) is 6.83. The monoisotopic (exact) mass is 186 g/mol. The van der Waals surface area contributed by atoms with Gasteiger partial charge in [0.05, 0.1) is 11.8 Å². The molecule has 2 rings (SSSR count). The molecule has 0 amide bonds. The number of rotatable bonds is 1. The molecule has 14 heavy (non-hydrogen) atoms. The molecule has 0 aromatic carbocycles. The molecule has 70 valence electrons. The van der Waals surface area contributed by atoms with Crippen molar-refractivity contribution in [1.29, 1.82) is 5.26 Å². The second-order valence-electron chi connectivity index (χ2n) is 3.46. The Morgan fingerprint density at radius 1 is 1.64 bits per heavy atom. The minimum absolute atomic E-state index is 0.0842. The molecule has 0 bridgehead atoms. The second-order valence-corrected chi connectivity index (χ2v) is 3.46. The van der Waals surface area contributed by atoms with Gasteiger partial charge in [0.15, 0.2) is 5.78 Å². The summed E-state index contributed by atoms with van der Waals surface area (Å²) in [6, 6.07) is 5.63. The first-order valence-corrected chi connectivity index (χ1v) is 4.68. The number of ketones is 1. The summed E-state index contributed by atoms with van der Waals surface area (Å²) in [5.41, 5.74) is 1.59. The van der Waals surface area contributed by atoms with Gasteiger partial charge in [-0.1, -0.05) is 0 Å². The molecule has 3 heteroatoms. The molecule has 1 atom stereocenters. The Morgan fingerprint density at radius 2 is 2.50 bits per heavy atom. The van der Waals surface area contributed by atoms with E-state index in [1.165, 1.54) is 0 Å². The van der Waals surface area contributed by atoms with Crippen molar-refractivity contribution in [3.05, 3.63) is 29.6 Å². The third-order valence-corrected chi connectivity index (χ3v) is 2.59. The highest BCUT2D eigenvalue weighted by Crippen LogP contribution is 2.25. The van der Waals surface area contributed by atoms with E-state index in [2.05, 4.69) is 11.1 Å². The number of carbonyl (C=O) groups excluding carboxylic acids is 1. The molecular weight excluding hydrogens is 176 g/mol. The van der Waals surface area contributed by atoms with Crippen LogP contribution in [0.2, 0.25) is 0 Å². The number of Topliss-reactive ketones (excluding diaryl/α,β-unsaturated/α-hetero) is 1. The average Bonchev–Trinajstić information content (AvgIpc) is 2.23. The summed E-state index contributed by atoms with van der Waals surface area (Å²) < 4.78 is 0. The van der Waals surface area contributed by atoms with Gasteiger partial charge in [-0.3, -0.25) is 9.78 Å². The molecule has 1 aliphatic rings. The number of hydrogen-bond donors (Lipinski definition) is 0.